The molecule has 33 heavy (non-hydrogen) atoms. The number of carbonyl (C=O) groups excluding carboxylic acids is 2. The van der Waals surface area contributed by atoms with Crippen LogP contribution in [-0.2, 0) is 16.1 Å². The average Bonchev–Trinajstić information content (AvgIpc) is 3.35. The molecule has 2 aromatic rings. The largest absolute Gasteiger partial charge is 0.459 e. The number of nitrogens with one attached hydrogen (secondary N) is 1. The van der Waals surface area contributed by atoms with Crippen LogP contribution in [0, 0.1) is 5.92 Å². The molecule has 0 aromatic carbocycles. The second kappa shape index (κ2) is 11.0. The summed E-state index contributed by atoms with van der Waals surface area (Å²) in [7, 11) is 1.50. The monoisotopic (exact) mass is 461 g/mol. The van der Waals surface area contributed by atoms with Crippen LogP contribution in [0.25, 0.3) is 0 Å². The molecule has 1 aliphatic rings. The molecular formula is C22H31N5O6. The lowest BCUT2D eigenvalue weighted by Gasteiger charge is -2.34. The van der Waals surface area contributed by atoms with Gasteiger partial charge in [-0.15, -0.1) is 0 Å². The molecule has 0 aliphatic carbocycles. The van der Waals surface area contributed by atoms with Crippen LogP contribution in [0.1, 0.15) is 43.2 Å². The van der Waals surface area contributed by atoms with E-state index in [1.807, 2.05) is 6.92 Å². The Balaban J connectivity index is 1.82. The number of aromatic amines is 1. The van der Waals surface area contributed by atoms with E-state index in [1.165, 1.54) is 22.8 Å². The number of unbranched alkanes of at least 4 members (excludes halogenated alkanes) is 1. The van der Waals surface area contributed by atoms with Gasteiger partial charge >= 0.3 is 5.69 Å². The van der Waals surface area contributed by atoms with E-state index in [-0.39, 0.29) is 42.2 Å². The minimum absolute atomic E-state index is 0.0351. The number of carbonyl (C=O) groups is 2. The fourth-order valence-corrected chi connectivity index (χ4v) is 4.00. The van der Waals surface area contributed by atoms with E-state index in [9.17, 15) is 19.2 Å². The molecule has 2 aromatic heterocycles. The Morgan fingerprint density at radius 2 is 2.03 bits per heavy atom. The summed E-state index contributed by atoms with van der Waals surface area (Å²) in [6, 6.07) is 3.26. The van der Waals surface area contributed by atoms with Crippen molar-refractivity contribution in [1.29, 1.82) is 0 Å². The summed E-state index contributed by atoms with van der Waals surface area (Å²) < 4.78 is 11.6. The molecule has 1 aliphatic heterocycles. The first-order valence-electron chi connectivity index (χ1n) is 11.1. The topological polar surface area (TPSA) is 144 Å². The molecule has 11 heteroatoms. The van der Waals surface area contributed by atoms with Crippen molar-refractivity contribution in [3.05, 3.63) is 45.0 Å². The van der Waals surface area contributed by atoms with Gasteiger partial charge in [0.1, 0.15) is 5.82 Å². The van der Waals surface area contributed by atoms with Crippen LogP contribution in [0.5, 0.6) is 0 Å². The van der Waals surface area contributed by atoms with Crippen molar-refractivity contribution in [2.75, 3.05) is 44.0 Å². The van der Waals surface area contributed by atoms with Crippen LogP contribution in [0.15, 0.2) is 32.4 Å². The minimum atomic E-state index is -0.708. The van der Waals surface area contributed by atoms with E-state index >= 15 is 0 Å². The highest BCUT2D eigenvalue weighted by molar-refractivity contribution is 5.97. The molecule has 3 rings (SSSR count). The lowest BCUT2D eigenvalue weighted by molar-refractivity contribution is -0.123. The van der Waals surface area contributed by atoms with E-state index in [0.29, 0.717) is 38.9 Å². The predicted octanol–water partition coefficient (Wildman–Crippen LogP) is 1.04. The zero-order chi connectivity index (χ0) is 24.0. The van der Waals surface area contributed by atoms with E-state index < -0.39 is 17.2 Å². The average molecular weight is 462 g/mol. The lowest BCUT2D eigenvalue weighted by atomic mass is 9.94. The first kappa shape index (κ1) is 24.3. The molecule has 0 radical (unpaired) electrons. The summed E-state index contributed by atoms with van der Waals surface area (Å²) in [5.74, 6) is -0.680. The number of nitrogens with two attached hydrogens (primary N) is 1. The number of nitrogens with zero attached hydrogens (tertiary/aromatic N) is 3. The highest BCUT2D eigenvalue weighted by Gasteiger charge is 2.33. The van der Waals surface area contributed by atoms with Gasteiger partial charge in [-0.2, -0.15) is 0 Å². The number of nitrogen functional groups attached to an aromatic ring is 1. The third-order valence-corrected chi connectivity index (χ3v) is 5.87. The van der Waals surface area contributed by atoms with Gasteiger partial charge in [0.15, 0.2) is 11.4 Å². The molecule has 180 valence electrons. The molecule has 1 saturated heterocycles. The van der Waals surface area contributed by atoms with Crippen LogP contribution in [0.3, 0.4) is 0 Å². The van der Waals surface area contributed by atoms with E-state index in [1.54, 1.807) is 17.0 Å². The number of methoxy groups -OCH3 is 1. The van der Waals surface area contributed by atoms with Gasteiger partial charge in [-0.1, -0.05) is 13.3 Å². The minimum Gasteiger partial charge on any atom is -0.459 e. The smallest absolute Gasteiger partial charge is 0.330 e. The van der Waals surface area contributed by atoms with E-state index in [0.717, 1.165) is 6.42 Å². The molecule has 0 bridgehead atoms. The molecule has 3 heterocycles. The lowest BCUT2D eigenvalue weighted by Crippen LogP contribution is -2.48. The molecule has 0 saturated carbocycles. The van der Waals surface area contributed by atoms with Crippen LogP contribution >= 0.6 is 0 Å². The SMILES string of the molecule is CCCCn1c(N)c(N(CCOC)C(=O)C2CCN(C(=O)c3ccco3)CC2)c(=O)[nH]c1=O. The fraction of sp³-hybridized carbons (Fsp3) is 0.545. The number of aromatic nitrogens is 2. The first-order valence-corrected chi connectivity index (χ1v) is 11.1. The summed E-state index contributed by atoms with van der Waals surface area (Å²) in [6.45, 7) is 3.39. The number of hydrogen-bond acceptors (Lipinski definition) is 7. The van der Waals surface area contributed by atoms with Crippen LogP contribution in [0.2, 0.25) is 0 Å². The molecule has 0 unspecified atom stereocenters. The zero-order valence-corrected chi connectivity index (χ0v) is 19.0. The number of furan rings is 1. The summed E-state index contributed by atoms with van der Waals surface area (Å²) in [4.78, 5) is 56.2. The van der Waals surface area contributed by atoms with Gasteiger partial charge in [-0.05, 0) is 31.4 Å². The molecule has 11 nitrogen and oxygen atoms in total. The van der Waals surface area contributed by atoms with Gasteiger partial charge in [0.05, 0.1) is 12.9 Å². The predicted molar refractivity (Wildman–Crippen MR) is 122 cm³/mol. The van der Waals surface area contributed by atoms with Gasteiger partial charge < -0.3 is 24.7 Å². The van der Waals surface area contributed by atoms with Crippen molar-refractivity contribution in [2.24, 2.45) is 5.92 Å². The third-order valence-electron chi connectivity index (χ3n) is 5.87. The second-order valence-electron chi connectivity index (χ2n) is 8.02. The van der Waals surface area contributed by atoms with Crippen LogP contribution < -0.4 is 21.9 Å². The highest BCUT2D eigenvalue weighted by atomic mass is 16.5. The standard InChI is InChI=1S/C22H31N5O6/c1-3-4-9-27-18(23)17(19(28)24-22(27)31)26(12-14-32-2)20(29)15-7-10-25(11-8-15)21(30)16-6-5-13-33-16/h5-6,13,15H,3-4,7-12,14,23H2,1-2H3,(H,24,28,31). The third kappa shape index (κ3) is 5.36. The normalized spacial score (nSPS) is 14.4. The number of piperidine rings is 1. The molecule has 0 spiro atoms. The highest BCUT2D eigenvalue weighted by Crippen LogP contribution is 2.25. The van der Waals surface area contributed by atoms with Gasteiger partial charge in [-0.3, -0.25) is 23.9 Å². The zero-order valence-electron chi connectivity index (χ0n) is 19.0. The molecule has 3 N–H and O–H groups in total. The Hall–Kier alpha value is -3.34. The second-order valence-corrected chi connectivity index (χ2v) is 8.02. The Morgan fingerprint density at radius 1 is 1.30 bits per heavy atom. The van der Waals surface area contributed by atoms with Gasteiger partial charge in [0.25, 0.3) is 11.5 Å². The van der Waals surface area contributed by atoms with E-state index in [2.05, 4.69) is 4.98 Å². The van der Waals surface area contributed by atoms with Crippen molar-refractivity contribution < 1.29 is 18.7 Å². The number of anilines is 2. The number of likely N-dealkylation sites (tertiary alicyclic amines) is 1. The molecule has 2 amide bonds. The number of hydrogen-bond donors (Lipinski definition) is 2. The van der Waals surface area contributed by atoms with Crippen molar-refractivity contribution in [2.45, 2.75) is 39.2 Å². The summed E-state index contributed by atoms with van der Waals surface area (Å²) in [5.41, 5.74) is 4.88. The van der Waals surface area contributed by atoms with Gasteiger partial charge in [-0.25, -0.2) is 4.79 Å². The number of rotatable bonds is 9. The maximum atomic E-state index is 13.5. The molecule has 1 fully saturated rings. The number of H-pyrrole nitrogens is 1. The Kier molecular flexibility index (Phi) is 8.10. The van der Waals surface area contributed by atoms with E-state index in [4.69, 9.17) is 14.9 Å². The number of amides is 2. The van der Waals surface area contributed by atoms with Crippen molar-refractivity contribution >= 4 is 23.3 Å². The molecular weight excluding hydrogens is 430 g/mol. The Labute approximate surface area is 191 Å². The van der Waals surface area contributed by atoms with Crippen LogP contribution in [0.4, 0.5) is 11.5 Å². The Morgan fingerprint density at radius 3 is 2.64 bits per heavy atom. The van der Waals surface area contributed by atoms with Gasteiger partial charge in [0.2, 0.25) is 5.91 Å². The Bertz CT molecular complexity index is 1070. The summed E-state index contributed by atoms with van der Waals surface area (Å²) in [6.07, 6.45) is 3.84. The summed E-state index contributed by atoms with van der Waals surface area (Å²) in [5, 5.41) is 0. The maximum Gasteiger partial charge on any atom is 0.330 e. The van der Waals surface area contributed by atoms with Crippen molar-refractivity contribution in [1.82, 2.24) is 14.5 Å². The number of ether oxygens (including phenoxy) is 1. The fourth-order valence-electron chi connectivity index (χ4n) is 4.00. The summed E-state index contributed by atoms with van der Waals surface area (Å²) >= 11 is 0. The molecule has 0 atom stereocenters. The maximum absolute atomic E-state index is 13.5. The quantitative estimate of drug-likeness (QED) is 0.568. The van der Waals surface area contributed by atoms with Crippen molar-refractivity contribution in [3.8, 4) is 0 Å². The van der Waals surface area contributed by atoms with Crippen molar-refractivity contribution in [3.63, 3.8) is 0 Å². The van der Waals surface area contributed by atoms with Gasteiger partial charge in [0, 0.05) is 39.2 Å². The first-order chi connectivity index (χ1) is 15.9. The van der Waals surface area contributed by atoms with Crippen LogP contribution in [-0.4, -0.2) is 59.6 Å².